The molecule has 1 amide bonds. The third-order valence-corrected chi connectivity index (χ3v) is 5.85. The second-order valence-electron chi connectivity index (χ2n) is 7.80. The minimum Gasteiger partial charge on any atom is -0.496 e. The fourth-order valence-electron chi connectivity index (χ4n) is 4.21. The zero-order chi connectivity index (χ0) is 22.2. The molecular weight excluding hydrogens is 390 g/mol. The molecule has 2 aromatic carbocycles. The molecule has 1 aliphatic rings. The van der Waals surface area contributed by atoms with E-state index in [0.29, 0.717) is 6.54 Å². The number of amides is 1. The van der Waals surface area contributed by atoms with Crippen LogP contribution >= 0.6 is 0 Å². The van der Waals surface area contributed by atoms with Crippen molar-refractivity contribution < 1.29 is 14.3 Å². The average molecular weight is 424 g/mol. The first-order chi connectivity index (χ1) is 15.1. The topological polar surface area (TPSA) is 62.8 Å². The summed E-state index contributed by atoms with van der Waals surface area (Å²) in [5, 5.41) is 6.43. The van der Waals surface area contributed by atoms with Crippen molar-refractivity contribution in [1.82, 2.24) is 15.5 Å². The molecule has 2 atom stereocenters. The molecule has 2 aromatic rings. The van der Waals surface area contributed by atoms with Crippen molar-refractivity contribution in [2.75, 3.05) is 34.4 Å². The van der Waals surface area contributed by atoms with Crippen molar-refractivity contribution in [2.45, 2.75) is 32.0 Å². The van der Waals surface area contributed by atoms with Gasteiger partial charge in [-0.15, -0.1) is 0 Å². The summed E-state index contributed by atoms with van der Waals surface area (Å²) < 4.78 is 11.0. The Balaban J connectivity index is 1.64. The second-order valence-corrected chi connectivity index (χ2v) is 7.80. The summed E-state index contributed by atoms with van der Waals surface area (Å²) in [7, 11) is 5.05. The number of carbonyl (C=O) groups is 1. The molecule has 1 heterocycles. The fourth-order valence-corrected chi connectivity index (χ4v) is 4.21. The quantitative estimate of drug-likeness (QED) is 0.649. The molecule has 31 heavy (non-hydrogen) atoms. The highest BCUT2D eigenvalue weighted by Gasteiger charge is 2.35. The minimum absolute atomic E-state index is 0.0651. The molecule has 166 valence electrons. The van der Waals surface area contributed by atoms with Crippen molar-refractivity contribution in [3.63, 3.8) is 0 Å². The summed E-state index contributed by atoms with van der Waals surface area (Å²) in [6.07, 6.45) is 5.01. The van der Waals surface area contributed by atoms with E-state index in [1.165, 1.54) is 0 Å². The van der Waals surface area contributed by atoms with Gasteiger partial charge in [-0.2, -0.15) is 0 Å². The van der Waals surface area contributed by atoms with Crippen molar-refractivity contribution in [3.05, 3.63) is 65.2 Å². The maximum atomic E-state index is 12.5. The number of carbonyl (C=O) groups excluding carboxylic acids is 1. The third-order valence-electron chi connectivity index (χ3n) is 5.85. The van der Waals surface area contributed by atoms with E-state index in [4.69, 9.17) is 9.47 Å². The lowest BCUT2D eigenvalue weighted by Crippen LogP contribution is -2.41. The van der Waals surface area contributed by atoms with E-state index in [1.807, 2.05) is 37.3 Å². The molecule has 6 nitrogen and oxygen atoms in total. The van der Waals surface area contributed by atoms with Crippen LogP contribution in [0, 0.1) is 6.92 Å². The van der Waals surface area contributed by atoms with Gasteiger partial charge in [0, 0.05) is 43.9 Å². The van der Waals surface area contributed by atoms with E-state index in [2.05, 4.69) is 39.8 Å². The maximum absolute atomic E-state index is 12.5. The summed E-state index contributed by atoms with van der Waals surface area (Å²) >= 11 is 0. The van der Waals surface area contributed by atoms with Gasteiger partial charge in [-0.3, -0.25) is 9.69 Å². The van der Waals surface area contributed by atoms with Gasteiger partial charge in [0.15, 0.2) is 0 Å². The highest BCUT2D eigenvalue weighted by Crippen LogP contribution is 2.31. The van der Waals surface area contributed by atoms with Crippen LogP contribution in [0.1, 0.15) is 23.1 Å². The number of methoxy groups -OCH3 is 2. The van der Waals surface area contributed by atoms with Crippen LogP contribution in [0.25, 0.3) is 6.08 Å². The fraction of sp³-hybridized carbons (Fsp3) is 0.400. The van der Waals surface area contributed by atoms with Gasteiger partial charge in [0.05, 0.1) is 20.3 Å². The number of rotatable bonds is 9. The van der Waals surface area contributed by atoms with Crippen LogP contribution in [0.3, 0.4) is 0 Å². The van der Waals surface area contributed by atoms with E-state index in [-0.39, 0.29) is 18.0 Å². The van der Waals surface area contributed by atoms with Gasteiger partial charge in [-0.05, 0) is 25.0 Å². The summed E-state index contributed by atoms with van der Waals surface area (Å²) in [6.45, 7) is 4.22. The molecule has 1 aliphatic heterocycles. The minimum atomic E-state index is -0.137. The summed E-state index contributed by atoms with van der Waals surface area (Å²) in [6, 6.07) is 14.3. The molecular formula is C25H33N3O3. The predicted molar refractivity (Wildman–Crippen MR) is 124 cm³/mol. The molecule has 0 unspecified atom stereocenters. The number of likely N-dealkylation sites (tertiary alicyclic amines) is 1. The SMILES string of the molecule is CNC(=O)[C@@H]1C[C@H](NCc2ccc(OC)c(C)c2OC)CN1C/C=C/c1ccccc1. The molecule has 0 spiro atoms. The van der Waals surface area contributed by atoms with Crippen LogP contribution in [0.2, 0.25) is 0 Å². The number of hydrogen-bond acceptors (Lipinski definition) is 5. The molecule has 0 radical (unpaired) electrons. The first kappa shape index (κ1) is 22.8. The summed E-state index contributed by atoms with van der Waals surface area (Å²) in [5.41, 5.74) is 3.24. The van der Waals surface area contributed by atoms with Crippen molar-refractivity contribution in [2.24, 2.45) is 0 Å². The normalized spacial score (nSPS) is 19.0. The second kappa shape index (κ2) is 11.0. The van der Waals surface area contributed by atoms with E-state index in [9.17, 15) is 4.79 Å². The van der Waals surface area contributed by atoms with E-state index >= 15 is 0 Å². The van der Waals surface area contributed by atoms with Crippen LogP contribution in [-0.4, -0.2) is 57.2 Å². The van der Waals surface area contributed by atoms with E-state index in [1.54, 1.807) is 21.3 Å². The van der Waals surface area contributed by atoms with Gasteiger partial charge >= 0.3 is 0 Å². The standard InChI is InChI=1S/C25H33N3O3/c1-18-23(30-3)13-12-20(24(18)31-4)16-27-21-15-22(25(29)26-2)28(17-21)14-8-11-19-9-6-5-7-10-19/h5-13,21-22,27H,14-17H2,1-4H3,(H,26,29)/b11-8+/t21-,22-/m0/s1. The summed E-state index contributed by atoms with van der Waals surface area (Å²) in [5.74, 6) is 1.73. The molecule has 0 saturated carbocycles. The molecule has 0 bridgehead atoms. The summed E-state index contributed by atoms with van der Waals surface area (Å²) in [4.78, 5) is 14.7. The number of hydrogen-bond donors (Lipinski definition) is 2. The molecule has 1 fully saturated rings. The zero-order valence-electron chi connectivity index (χ0n) is 18.9. The third kappa shape index (κ3) is 5.66. The van der Waals surface area contributed by atoms with Crippen molar-refractivity contribution in [1.29, 1.82) is 0 Å². The number of nitrogens with one attached hydrogen (secondary N) is 2. The number of ether oxygens (including phenoxy) is 2. The molecule has 0 aromatic heterocycles. The average Bonchev–Trinajstić information content (AvgIpc) is 3.21. The van der Waals surface area contributed by atoms with Gasteiger partial charge in [0.1, 0.15) is 11.5 Å². The number of benzene rings is 2. The lowest BCUT2D eigenvalue weighted by atomic mass is 10.1. The Morgan fingerprint density at radius 2 is 1.94 bits per heavy atom. The molecule has 0 aliphatic carbocycles. The van der Waals surface area contributed by atoms with Crippen LogP contribution in [0.15, 0.2) is 48.5 Å². The Hall–Kier alpha value is -2.83. The Bertz CT molecular complexity index is 898. The smallest absolute Gasteiger partial charge is 0.237 e. The van der Waals surface area contributed by atoms with Gasteiger partial charge in [0.25, 0.3) is 0 Å². The first-order valence-corrected chi connectivity index (χ1v) is 10.7. The Labute approximate surface area is 185 Å². The molecule has 3 rings (SSSR count). The molecule has 2 N–H and O–H groups in total. The van der Waals surface area contributed by atoms with Gasteiger partial charge in [-0.1, -0.05) is 48.6 Å². The highest BCUT2D eigenvalue weighted by molar-refractivity contribution is 5.82. The number of likely N-dealkylation sites (N-methyl/N-ethyl adjacent to an activating group) is 1. The van der Waals surface area contributed by atoms with Gasteiger partial charge < -0.3 is 20.1 Å². The number of nitrogens with zero attached hydrogens (tertiary/aromatic N) is 1. The molecule has 1 saturated heterocycles. The van der Waals surface area contributed by atoms with Crippen LogP contribution < -0.4 is 20.1 Å². The zero-order valence-corrected chi connectivity index (χ0v) is 18.9. The van der Waals surface area contributed by atoms with E-state index in [0.717, 1.165) is 47.7 Å². The first-order valence-electron chi connectivity index (χ1n) is 10.7. The van der Waals surface area contributed by atoms with Crippen LogP contribution in [-0.2, 0) is 11.3 Å². The van der Waals surface area contributed by atoms with E-state index < -0.39 is 0 Å². The monoisotopic (exact) mass is 423 g/mol. The van der Waals surface area contributed by atoms with Crippen LogP contribution in [0.5, 0.6) is 11.5 Å². The Morgan fingerprint density at radius 3 is 2.61 bits per heavy atom. The van der Waals surface area contributed by atoms with Crippen molar-refractivity contribution >= 4 is 12.0 Å². The lowest BCUT2D eigenvalue weighted by Gasteiger charge is -2.21. The predicted octanol–water partition coefficient (Wildman–Crippen LogP) is 3.00. The van der Waals surface area contributed by atoms with Crippen molar-refractivity contribution in [3.8, 4) is 11.5 Å². The lowest BCUT2D eigenvalue weighted by molar-refractivity contribution is -0.124. The maximum Gasteiger partial charge on any atom is 0.237 e. The largest absolute Gasteiger partial charge is 0.496 e. The van der Waals surface area contributed by atoms with Gasteiger partial charge in [0.2, 0.25) is 5.91 Å². The Morgan fingerprint density at radius 1 is 1.16 bits per heavy atom. The van der Waals surface area contributed by atoms with Crippen LogP contribution in [0.4, 0.5) is 0 Å². The van der Waals surface area contributed by atoms with Gasteiger partial charge in [-0.25, -0.2) is 0 Å². The highest BCUT2D eigenvalue weighted by atomic mass is 16.5. The Kier molecular flexibility index (Phi) is 8.09. The molecule has 6 heteroatoms.